The van der Waals surface area contributed by atoms with Crippen LogP contribution in [0.25, 0.3) is 0 Å². The fourth-order valence-electron chi connectivity index (χ4n) is 3.06. The van der Waals surface area contributed by atoms with E-state index in [4.69, 9.17) is 26.4 Å². The number of benzene rings is 2. The molecule has 0 aliphatic carbocycles. The van der Waals surface area contributed by atoms with Gasteiger partial charge in [0.25, 0.3) is 0 Å². The zero-order valence-electron chi connectivity index (χ0n) is 15.0. The van der Waals surface area contributed by atoms with E-state index in [1.54, 1.807) is 12.1 Å². The molecule has 1 aliphatic heterocycles. The predicted octanol–water partition coefficient (Wildman–Crippen LogP) is 3.78. The van der Waals surface area contributed by atoms with Crippen LogP contribution in [0.3, 0.4) is 0 Å². The molecule has 7 heteroatoms. The molecule has 6 nitrogen and oxygen atoms in total. The van der Waals surface area contributed by atoms with Crippen LogP contribution in [0.2, 0.25) is 0 Å². The Labute approximate surface area is 171 Å². The molecular formula is C21H17BrN2O4. The number of rotatable bonds is 5. The summed E-state index contributed by atoms with van der Waals surface area (Å²) in [5.74, 6) is 3.33. The molecule has 0 spiro atoms. The summed E-state index contributed by atoms with van der Waals surface area (Å²) < 4.78 is 17.5. The van der Waals surface area contributed by atoms with E-state index in [9.17, 15) is 10.4 Å². The average Bonchev–Trinajstić information content (AvgIpc) is 2.66. The van der Waals surface area contributed by atoms with Gasteiger partial charge in [0.1, 0.15) is 29.7 Å². The van der Waals surface area contributed by atoms with Crippen molar-refractivity contribution in [2.75, 3.05) is 13.2 Å². The Bertz CT molecular complexity index is 1030. The number of ether oxygens (including phenoxy) is 3. The van der Waals surface area contributed by atoms with Crippen LogP contribution in [0.15, 0.2) is 46.3 Å². The van der Waals surface area contributed by atoms with Crippen LogP contribution in [0.5, 0.6) is 23.0 Å². The lowest BCUT2D eigenvalue weighted by Crippen LogP contribution is -2.21. The van der Waals surface area contributed by atoms with Crippen molar-refractivity contribution in [3.8, 4) is 41.4 Å². The Morgan fingerprint density at radius 3 is 2.79 bits per heavy atom. The van der Waals surface area contributed by atoms with E-state index < -0.39 is 5.92 Å². The summed E-state index contributed by atoms with van der Waals surface area (Å²) in [6.45, 7) is 2.37. The molecule has 1 atom stereocenters. The van der Waals surface area contributed by atoms with Gasteiger partial charge in [-0.3, -0.25) is 0 Å². The van der Waals surface area contributed by atoms with Crippen molar-refractivity contribution in [1.29, 1.82) is 5.26 Å². The fraction of sp³-hybridized carbons (Fsp3) is 0.190. The van der Waals surface area contributed by atoms with Crippen LogP contribution in [0.4, 0.5) is 0 Å². The molecule has 0 fully saturated rings. The molecule has 1 heterocycles. The first-order valence-corrected chi connectivity index (χ1v) is 9.22. The zero-order valence-corrected chi connectivity index (χ0v) is 16.6. The van der Waals surface area contributed by atoms with Gasteiger partial charge >= 0.3 is 0 Å². The van der Waals surface area contributed by atoms with E-state index in [2.05, 4.69) is 27.9 Å². The van der Waals surface area contributed by atoms with Crippen LogP contribution in [0.1, 0.15) is 24.0 Å². The van der Waals surface area contributed by atoms with Gasteiger partial charge in [-0.25, -0.2) is 0 Å². The van der Waals surface area contributed by atoms with Crippen molar-refractivity contribution in [3.05, 3.63) is 57.4 Å². The lowest BCUT2D eigenvalue weighted by Gasteiger charge is -2.27. The minimum Gasteiger partial charge on any atom is -0.508 e. The molecule has 0 amide bonds. The first kappa shape index (κ1) is 19.5. The van der Waals surface area contributed by atoms with Gasteiger partial charge in [0.15, 0.2) is 11.5 Å². The second-order valence-electron chi connectivity index (χ2n) is 5.90. The summed E-state index contributed by atoms with van der Waals surface area (Å²) in [5, 5.41) is 19.4. The lowest BCUT2D eigenvalue weighted by molar-refractivity contribution is 0.297. The SMILES string of the molecule is C#CCOc1c(Br)cc([C@H]2C(C#N)=C(N)Oc3cc(O)ccc32)cc1OCC. The second-order valence-corrected chi connectivity index (χ2v) is 6.76. The average molecular weight is 441 g/mol. The van der Waals surface area contributed by atoms with E-state index >= 15 is 0 Å². The maximum Gasteiger partial charge on any atom is 0.205 e. The van der Waals surface area contributed by atoms with Gasteiger partial charge in [-0.2, -0.15) is 5.26 Å². The number of hydrogen-bond acceptors (Lipinski definition) is 6. The van der Waals surface area contributed by atoms with Gasteiger partial charge < -0.3 is 25.1 Å². The minimum absolute atomic E-state index is 0.00709. The lowest BCUT2D eigenvalue weighted by atomic mass is 9.83. The quantitative estimate of drug-likeness (QED) is 0.686. The van der Waals surface area contributed by atoms with Crippen molar-refractivity contribution in [1.82, 2.24) is 0 Å². The Balaban J connectivity index is 2.19. The Morgan fingerprint density at radius 2 is 2.11 bits per heavy atom. The number of aromatic hydroxyl groups is 1. The molecule has 2 aromatic rings. The maximum atomic E-state index is 9.77. The number of nitrogens with two attached hydrogens (primary N) is 1. The van der Waals surface area contributed by atoms with Gasteiger partial charge in [-0.05, 0) is 46.6 Å². The molecule has 3 rings (SSSR count). The highest BCUT2D eigenvalue weighted by Crippen LogP contribution is 2.46. The van der Waals surface area contributed by atoms with Crippen molar-refractivity contribution >= 4 is 15.9 Å². The molecule has 142 valence electrons. The number of halogens is 1. The van der Waals surface area contributed by atoms with Gasteiger partial charge in [-0.1, -0.05) is 12.0 Å². The van der Waals surface area contributed by atoms with Crippen molar-refractivity contribution in [2.45, 2.75) is 12.8 Å². The predicted molar refractivity (Wildman–Crippen MR) is 107 cm³/mol. The normalized spacial score (nSPS) is 15.1. The van der Waals surface area contributed by atoms with Crippen LogP contribution in [-0.4, -0.2) is 18.3 Å². The molecule has 2 aromatic carbocycles. The third-order valence-electron chi connectivity index (χ3n) is 4.17. The van der Waals surface area contributed by atoms with Gasteiger partial charge in [0.2, 0.25) is 5.88 Å². The fourth-order valence-corrected chi connectivity index (χ4v) is 3.63. The number of terminal acetylenes is 1. The summed E-state index contributed by atoms with van der Waals surface area (Å²) in [4.78, 5) is 0. The molecule has 3 N–H and O–H groups in total. The van der Waals surface area contributed by atoms with Crippen LogP contribution in [-0.2, 0) is 0 Å². The molecule has 0 radical (unpaired) electrons. The number of nitriles is 1. The maximum absolute atomic E-state index is 9.77. The second kappa shape index (κ2) is 8.16. The number of phenolic OH excluding ortho intramolecular Hbond substituents is 1. The molecule has 28 heavy (non-hydrogen) atoms. The highest BCUT2D eigenvalue weighted by atomic mass is 79.9. The number of hydrogen-bond donors (Lipinski definition) is 2. The monoisotopic (exact) mass is 440 g/mol. The molecule has 0 unspecified atom stereocenters. The highest BCUT2D eigenvalue weighted by Gasteiger charge is 2.32. The zero-order chi connectivity index (χ0) is 20.3. The summed E-state index contributed by atoms with van der Waals surface area (Å²) in [7, 11) is 0. The van der Waals surface area contributed by atoms with Gasteiger partial charge in [0, 0.05) is 11.6 Å². The molecule has 1 aliphatic rings. The van der Waals surface area contributed by atoms with Crippen LogP contribution >= 0.6 is 15.9 Å². The summed E-state index contributed by atoms with van der Waals surface area (Å²) in [5.41, 5.74) is 7.70. The van der Waals surface area contributed by atoms with Crippen molar-refractivity contribution in [3.63, 3.8) is 0 Å². The molecular weight excluding hydrogens is 424 g/mol. The van der Waals surface area contributed by atoms with E-state index in [1.165, 1.54) is 12.1 Å². The van der Waals surface area contributed by atoms with Crippen LogP contribution in [0, 0.1) is 23.7 Å². The minimum atomic E-state index is -0.494. The van der Waals surface area contributed by atoms with Gasteiger partial charge in [-0.15, -0.1) is 6.42 Å². The van der Waals surface area contributed by atoms with Crippen LogP contribution < -0.4 is 19.9 Å². The first-order chi connectivity index (χ1) is 13.5. The molecule has 0 saturated carbocycles. The number of phenols is 1. The molecule has 0 saturated heterocycles. The van der Waals surface area contributed by atoms with Gasteiger partial charge in [0.05, 0.1) is 17.0 Å². The van der Waals surface area contributed by atoms with Crippen molar-refractivity contribution in [2.24, 2.45) is 5.73 Å². The summed E-state index contributed by atoms with van der Waals surface area (Å²) in [6, 6.07) is 10.5. The van der Waals surface area contributed by atoms with E-state index in [0.29, 0.717) is 33.9 Å². The van der Waals surface area contributed by atoms with E-state index in [0.717, 1.165) is 5.56 Å². The third kappa shape index (κ3) is 3.58. The smallest absolute Gasteiger partial charge is 0.205 e. The highest BCUT2D eigenvalue weighted by molar-refractivity contribution is 9.10. The topological polar surface area (TPSA) is 97.7 Å². The molecule has 0 bridgehead atoms. The van der Waals surface area contributed by atoms with E-state index in [-0.39, 0.29) is 23.8 Å². The summed E-state index contributed by atoms with van der Waals surface area (Å²) in [6.07, 6.45) is 5.29. The third-order valence-corrected chi connectivity index (χ3v) is 4.76. The first-order valence-electron chi connectivity index (χ1n) is 8.43. The largest absolute Gasteiger partial charge is 0.508 e. The number of fused-ring (bicyclic) bond motifs is 1. The van der Waals surface area contributed by atoms with Crippen molar-refractivity contribution < 1.29 is 19.3 Å². The summed E-state index contributed by atoms with van der Waals surface area (Å²) >= 11 is 3.50. The Morgan fingerprint density at radius 1 is 1.32 bits per heavy atom. The Hall–Kier alpha value is -3.29. The van der Waals surface area contributed by atoms with E-state index in [1.807, 2.05) is 13.0 Å². The Kier molecular flexibility index (Phi) is 5.67. The number of allylic oxidation sites excluding steroid dienone is 1. The molecule has 0 aromatic heterocycles. The number of nitrogens with zero attached hydrogens (tertiary/aromatic N) is 1. The standard InChI is InChI=1S/C21H17BrN2O4/c1-3-7-27-20-16(22)8-12(9-18(20)26-4-2)19-14-6-5-13(25)10-17(14)28-21(24)15(19)11-23/h1,5-6,8-10,19,25H,4,7,24H2,2H3/t19-/m1/s1.